The monoisotopic (exact) mass is 1370 g/mol. The molecule has 0 spiro atoms. The molecule has 18 nitrogen and oxygen atoms in total. The molecule has 4 aliphatic heterocycles. The van der Waals surface area contributed by atoms with Gasteiger partial charge in [-0.2, -0.15) is 25.7 Å². The molecule has 10 rings (SSSR count). The second-order valence-electron chi connectivity index (χ2n) is 20.4. The molecule has 22 heteroatoms. The number of nitriles is 1. The molecule has 4 saturated heterocycles. The summed E-state index contributed by atoms with van der Waals surface area (Å²) >= 11 is 7.79. The Balaban J connectivity index is 0.000000203. The summed E-state index contributed by atoms with van der Waals surface area (Å²) in [7, 11) is 4.09. The van der Waals surface area contributed by atoms with Crippen LogP contribution >= 0.6 is 47.8 Å². The predicted octanol–water partition coefficient (Wildman–Crippen LogP) is 10.7. The van der Waals surface area contributed by atoms with Crippen molar-refractivity contribution in [2.45, 2.75) is 120 Å². The maximum absolute atomic E-state index is 8.31. The number of nitrogens with zero attached hydrogens (tertiary/aromatic N) is 12. The summed E-state index contributed by atoms with van der Waals surface area (Å²) in [5, 5.41) is 35.6. The molecule has 4 fully saturated rings. The second-order valence-corrected chi connectivity index (χ2v) is 35.9. The molecule has 6 aromatic rings. The number of aromatic nitrogens is 12. The van der Waals surface area contributed by atoms with Crippen LogP contribution in [0.25, 0.3) is 11.4 Å². The van der Waals surface area contributed by atoms with E-state index in [9.17, 15) is 0 Å². The molecule has 426 valence electrons. The maximum atomic E-state index is 8.31. The number of unbranched alkanes of at least 4 members (excludes halogenated alkanes) is 3. The number of imidazole rings is 2. The van der Waals surface area contributed by atoms with Gasteiger partial charge in [0.1, 0.15) is 19.5 Å². The van der Waals surface area contributed by atoms with Gasteiger partial charge in [0.05, 0.1) is 88.9 Å². The topological polar surface area (TPSA) is 199 Å². The molecule has 0 bridgehead atoms. The smallest absolute Gasteiger partial charge is 0.128 e. The SMILES string of the molecule is C=CC#N.CCC[CH2][Sn]([CH2]CCC)([CH2]CCC)[c]1cn(C)cn1.Cc1cc(-c2cn(C)cn2)n(CC2COC2)n1.Cc1cc(Br)n(CC2COC2)n1.Cc1cc(Br)n[nH]1.Cc1cc(Br)nn1CC1COC1.OCC1COC1. The molecule has 0 aliphatic carbocycles. The molecule has 0 atom stereocenters. The van der Waals surface area contributed by atoms with Gasteiger partial charge in [0.15, 0.2) is 0 Å². The van der Waals surface area contributed by atoms with Crippen molar-refractivity contribution in [1.29, 1.82) is 5.26 Å². The summed E-state index contributed by atoms with van der Waals surface area (Å²) in [6.07, 6.45) is 17.6. The maximum Gasteiger partial charge on any atom is 0.128 e. The standard InChI is InChI=1S/C12H16N4O.2C8H11BrN2O.C4H5BrN2.C4H5N2.C4H8O2.3C4H9.C3H3N.Sn/c1-9-3-12(11-5-15(2)8-13-11)16(14-9)4-10-6-17-7-10;1-6-2-8(9)10-11(6)3-7-4-12-5-7;1-6-2-8(9)11(10-6)3-7-4-12-5-7;1-3-2-4(5)7-6-3;1-6-3-2-5-4-6;5-1-4-2-6-3-4;3*1-3-4-2;1-2-3-4;/h3,5,8,10H,4,6-7H2,1-2H3;2*2,7H,3-5H2,1H3;2H,1H3,(H,6,7);3-4H,1H3;4-5H,1-3H2;3*1,3-4H2,2H3;2H,1H2;. The van der Waals surface area contributed by atoms with E-state index in [1.54, 1.807) is 9.78 Å². The largest absolute Gasteiger partial charge is 0.396 e. The number of halogens is 3. The Morgan fingerprint density at radius 3 is 1.48 bits per heavy atom. The van der Waals surface area contributed by atoms with E-state index in [0.717, 1.165) is 115 Å². The first kappa shape index (κ1) is 66.0. The van der Waals surface area contributed by atoms with Gasteiger partial charge in [-0.3, -0.25) is 19.1 Å². The Kier molecular flexibility index (Phi) is 30.9. The Hall–Kier alpha value is -3.47. The van der Waals surface area contributed by atoms with Crippen molar-refractivity contribution in [3.8, 4) is 17.5 Å². The molecule has 0 saturated carbocycles. The number of H-pyrrole nitrogens is 1. The van der Waals surface area contributed by atoms with E-state index in [0.29, 0.717) is 30.3 Å². The zero-order valence-electron chi connectivity index (χ0n) is 47.1. The van der Waals surface area contributed by atoms with Crippen molar-refractivity contribution in [2.24, 2.45) is 37.8 Å². The Morgan fingerprint density at radius 1 is 0.675 bits per heavy atom. The minimum atomic E-state index is -2.21. The van der Waals surface area contributed by atoms with Crippen LogP contribution in [0.5, 0.6) is 0 Å². The summed E-state index contributed by atoms with van der Waals surface area (Å²) < 4.78 is 39.3. The van der Waals surface area contributed by atoms with Crippen LogP contribution < -0.4 is 3.71 Å². The normalized spacial score (nSPS) is 15.0. The molecular weight excluding hydrogens is 1280 g/mol. The van der Waals surface area contributed by atoms with Gasteiger partial charge in [0.2, 0.25) is 0 Å². The van der Waals surface area contributed by atoms with Crippen LogP contribution in [0, 0.1) is 62.7 Å². The quantitative estimate of drug-likeness (QED) is 0.0611. The van der Waals surface area contributed by atoms with Gasteiger partial charge in [-0.05, 0) is 99.8 Å². The first-order chi connectivity index (χ1) is 37.0. The fraction of sp³-hybridized carbons (Fsp3) is 0.618. The fourth-order valence-corrected chi connectivity index (χ4v) is 25.4. The molecule has 0 aromatic carbocycles. The van der Waals surface area contributed by atoms with Crippen LogP contribution in [0.15, 0.2) is 75.8 Å². The van der Waals surface area contributed by atoms with Crippen molar-refractivity contribution in [1.82, 2.24) is 58.6 Å². The summed E-state index contributed by atoms with van der Waals surface area (Å²) in [5.74, 6) is 2.36. The molecule has 0 amide bonds. The van der Waals surface area contributed by atoms with E-state index in [1.807, 2.05) is 83.5 Å². The van der Waals surface area contributed by atoms with E-state index >= 15 is 0 Å². The molecule has 4 aliphatic rings. The van der Waals surface area contributed by atoms with Crippen molar-refractivity contribution in [3.63, 3.8) is 0 Å². The van der Waals surface area contributed by atoms with E-state index in [-0.39, 0.29) is 0 Å². The van der Waals surface area contributed by atoms with Crippen LogP contribution in [0.1, 0.15) is 82.1 Å². The average Bonchev–Trinajstić information content (AvgIpc) is 4.23. The number of hydrogen-bond donors (Lipinski definition) is 2. The summed E-state index contributed by atoms with van der Waals surface area (Å²) in [4.78, 5) is 9.19. The van der Waals surface area contributed by atoms with Crippen LogP contribution in [0.2, 0.25) is 13.3 Å². The number of aliphatic hydroxyl groups is 1. The minimum Gasteiger partial charge on any atom is -0.396 e. The number of aryl methyl sites for hydroxylation is 6. The van der Waals surface area contributed by atoms with Gasteiger partial charge in [0, 0.05) is 74.0 Å². The average molecular weight is 1370 g/mol. The van der Waals surface area contributed by atoms with Crippen LogP contribution in [-0.4, -0.2) is 142 Å². The van der Waals surface area contributed by atoms with Gasteiger partial charge >= 0.3 is 124 Å². The predicted molar refractivity (Wildman–Crippen MR) is 317 cm³/mol. The van der Waals surface area contributed by atoms with Crippen molar-refractivity contribution >= 4 is 69.9 Å². The number of aliphatic hydroxyl groups excluding tert-OH is 1. The van der Waals surface area contributed by atoms with Gasteiger partial charge in [-0.25, -0.2) is 4.98 Å². The Bertz CT molecular complexity index is 2500. The number of nitrogens with one attached hydrogen (secondary N) is 1. The summed E-state index contributed by atoms with van der Waals surface area (Å²) in [6, 6.07) is 9.75. The van der Waals surface area contributed by atoms with E-state index in [1.165, 1.54) is 63.6 Å². The van der Waals surface area contributed by atoms with E-state index in [4.69, 9.17) is 34.3 Å². The van der Waals surface area contributed by atoms with E-state index in [2.05, 4.69) is 136 Å². The van der Waals surface area contributed by atoms with E-state index < -0.39 is 18.4 Å². The second kappa shape index (κ2) is 36.0. The minimum absolute atomic E-state index is 0.292. The number of aromatic amines is 1. The van der Waals surface area contributed by atoms with Crippen LogP contribution in [0.3, 0.4) is 0 Å². The molecule has 10 heterocycles. The van der Waals surface area contributed by atoms with Crippen LogP contribution in [0.4, 0.5) is 0 Å². The van der Waals surface area contributed by atoms with Crippen molar-refractivity contribution in [3.05, 3.63) is 98.6 Å². The molecule has 6 aromatic heterocycles. The van der Waals surface area contributed by atoms with Crippen LogP contribution in [-0.2, 0) is 52.7 Å². The summed E-state index contributed by atoms with van der Waals surface area (Å²) in [6.45, 7) is 28.0. The zero-order chi connectivity index (χ0) is 56.2. The van der Waals surface area contributed by atoms with Gasteiger partial charge in [-0.1, -0.05) is 6.58 Å². The Labute approximate surface area is 487 Å². The third-order valence-corrected chi connectivity index (χ3v) is 29.6. The third kappa shape index (κ3) is 23.6. The molecule has 0 radical (unpaired) electrons. The molecule has 2 N–H and O–H groups in total. The first-order valence-corrected chi connectivity index (χ1v) is 36.9. The Morgan fingerprint density at radius 2 is 1.16 bits per heavy atom. The molecular formula is C55H86Br3N13O5Sn. The van der Waals surface area contributed by atoms with Crippen molar-refractivity contribution in [2.75, 3.05) is 59.5 Å². The number of rotatable bonds is 18. The molecule has 0 unspecified atom stereocenters. The van der Waals surface area contributed by atoms with Gasteiger partial charge < -0.3 is 28.6 Å². The number of allylic oxidation sites excluding steroid dienone is 1. The van der Waals surface area contributed by atoms with Gasteiger partial charge in [0.25, 0.3) is 0 Å². The van der Waals surface area contributed by atoms with Crippen molar-refractivity contribution < 1.29 is 24.1 Å². The zero-order valence-corrected chi connectivity index (χ0v) is 54.8. The first-order valence-electron chi connectivity index (χ1n) is 27.1. The summed E-state index contributed by atoms with van der Waals surface area (Å²) in [5.41, 5.74) is 6.44. The molecule has 77 heavy (non-hydrogen) atoms. The fourth-order valence-electron chi connectivity index (χ4n) is 8.40. The third-order valence-electron chi connectivity index (χ3n) is 13.1. The number of hydrogen-bond acceptors (Lipinski definition) is 12. The van der Waals surface area contributed by atoms with Gasteiger partial charge in [-0.15, -0.1) is 0 Å². The number of ether oxygens (including phenoxy) is 4.